The fraction of sp³-hybridized carbons (Fsp3) is 0.500. The van der Waals surface area contributed by atoms with Gasteiger partial charge in [0.15, 0.2) is 0 Å². The van der Waals surface area contributed by atoms with E-state index in [1.54, 1.807) is 19.3 Å². The van der Waals surface area contributed by atoms with Gasteiger partial charge in [-0.1, -0.05) is 0 Å². The minimum Gasteiger partial charge on any atom is -0.466 e. The second kappa shape index (κ2) is 4.54. The summed E-state index contributed by atoms with van der Waals surface area (Å²) in [5.41, 5.74) is 0. The molecule has 0 saturated carbocycles. The van der Waals surface area contributed by atoms with E-state index in [9.17, 15) is 4.79 Å². The number of carbonyl (C=O) groups excluding carboxylic acids is 1. The number of hydrogen-bond acceptors (Lipinski definition) is 3. The average Bonchev–Trinajstić information content (AvgIpc) is 2.53. The molecule has 4 nitrogen and oxygen atoms in total. The molecule has 0 atom stereocenters. The van der Waals surface area contributed by atoms with Crippen molar-refractivity contribution in [3.8, 4) is 0 Å². The molecule has 0 aliphatic heterocycles. The van der Waals surface area contributed by atoms with Crippen molar-refractivity contribution in [3.05, 3.63) is 18.2 Å². The average molecular weight is 168 g/mol. The second-order valence-electron chi connectivity index (χ2n) is 2.34. The topological polar surface area (TPSA) is 55.0 Å². The van der Waals surface area contributed by atoms with Crippen molar-refractivity contribution < 1.29 is 9.53 Å². The number of aryl methyl sites for hydroxylation is 1. The molecule has 0 spiro atoms. The highest BCUT2D eigenvalue weighted by Gasteiger charge is 2.02. The maximum Gasteiger partial charge on any atom is 0.306 e. The zero-order valence-corrected chi connectivity index (χ0v) is 7.04. The van der Waals surface area contributed by atoms with Crippen LogP contribution in [0.2, 0.25) is 0 Å². The summed E-state index contributed by atoms with van der Waals surface area (Å²) < 4.78 is 4.76. The largest absolute Gasteiger partial charge is 0.466 e. The third-order valence-corrected chi connectivity index (χ3v) is 1.43. The summed E-state index contributed by atoms with van der Waals surface area (Å²) in [5, 5.41) is 0. The zero-order chi connectivity index (χ0) is 8.81. The van der Waals surface area contributed by atoms with Gasteiger partial charge in [-0.2, -0.15) is 0 Å². The molecule has 0 aliphatic carbocycles. The Balaban J connectivity index is 2.22. The molecule has 0 bridgehead atoms. The van der Waals surface area contributed by atoms with Gasteiger partial charge in [0.2, 0.25) is 0 Å². The fourth-order valence-electron chi connectivity index (χ4n) is 0.888. The summed E-state index contributed by atoms with van der Waals surface area (Å²) in [6, 6.07) is 0. The van der Waals surface area contributed by atoms with Crippen molar-refractivity contribution in [2.75, 3.05) is 6.61 Å². The predicted octanol–water partition coefficient (Wildman–Crippen LogP) is 0.905. The summed E-state index contributed by atoms with van der Waals surface area (Å²) in [6.45, 7) is 2.24. The Morgan fingerprint density at radius 1 is 1.75 bits per heavy atom. The van der Waals surface area contributed by atoms with Crippen LogP contribution in [0.1, 0.15) is 19.2 Å². The summed E-state index contributed by atoms with van der Waals surface area (Å²) in [7, 11) is 0. The number of aromatic amines is 1. The molecule has 0 radical (unpaired) electrons. The van der Waals surface area contributed by atoms with Crippen LogP contribution in [0.3, 0.4) is 0 Å². The number of ether oxygens (including phenoxy) is 1. The molecule has 12 heavy (non-hydrogen) atoms. The summed E-state index contributed by atoms with van der Waals surface area (Å²) >= 11 is 0. The molecule has 1 heterocycles. The maximum atomic E-state index is 10.9. The lowest BCUT2D eigenvalue weighted by Crippen LogP contribution is -2.05. The van der Waals surface area contributed by atoms with E-state index >= 15 is 0 Å². The number of nitrogens with zero attached hydrogens (tertiary/aromatic N) is 1. The standard InChI is InChI=1S/C8H12N2O2/c1-2-12-8(11)4-3-7-9-5-6-10-7/h5-6H,2-4H2,1H3,(H,9,10). The van der Waals surface area contributed by atoms with Crippen LogP contribution in [-0.4, -0.2) is 22.5 Å². The molecule has 66 valence electrons. The summed E-state index contributed by atoms with van der Waals surface area (Å²) in [4.78, 5) is 17.8. The van der Waals surface area contributed by atoms with Gasteiger partial charge in [0.25, 0.3) is 0 Å². The van der Waals surface area contributed by atoms with Gasteiger partial charge in [0.05, 0.1) is 13.0 Å². The van der Waals surface area contributed by atoms with E-state index in [0.29, 0.717) is 19.4 Å². The van der Waals surface area contributed by atoms with Crippen molar-refractivity contribution in [1.82, 2.24) is 9.97 Å². The predicted molar refractivity (Wildman–Crippen MR) is 43.5 cm³/mol. The van der Waals surface area contributed by atoms with Crippen LogP contribution in [0.25, 0.3) is 0 Å². The minimum atomic E-state index is -0.172. The first-order valence-corrected chi connectivity index (χ1v) is 3.96. The Kier molecular flexibility index (Phi) is 3.32. The van der Waals surface area contributed by atoms with E-state index in [1.807, 2.05) is 0 Å². The Morgan fingerprint density at radius 3 is 3.17 bits per heavy atom. The molecule has 1 aromatic rings. The molecule has 0 unspecified atom stereocenters. The number of esters is 1. The number of nitrogens with one attached hydrogen (secondary N) is 1. The van der Waals surface area contributed by atoms with E-state index in [2.05, 4.69) is 9.97 Å². The molecule has 0 aliphatic rings. The number of aromatic nitrogens is 2. The Morgan fingerprint density at radius 2 is 2.58 bits per heavy atom. The van der Waals surface area contributed by atoms with E-state index in [4.69, 9.17) is 4.74 Å². The molecule has 1 rings (SSSR count). The van der Waals surface area contributed by atoms with Crippen LogP contribution in [0.5, 0.6) is 0 Å². The number of H-pyrrole nitrogens is 1. The van der Waals surface area contributed by atoms with Crippen LogP contribution in [-0.2, 0) is 16.0 Å². The third kappa shape index (κ3) is 2.74. The summed E-state index contributed by atoms with van der Waals surface area (Å²) in [5.74, 6) is 0.650. The van der Waals surface area contributed by atoms with E-state index < -0.39 is 0 Å². The first-order chi connectivity index (χ1) is 5.83. The maximum absolute atomic E-state index is 10.9. The molecule has 4 heteroatoms. The summed E-state index contributed by atoms with van der Waals surface area (Å²) in [6.07, 6.45) is 4.41. The van der Waals surface area contributed by atoms with Crippen LogP contribution in [0, 0.1) is 0 Å². The molecule has 0 saturated heterocycles. The number of rotatable bonds is 4. The monoisotopic (exact) mass is 168 g/mol. The molecule has 0 fully saturated rings. The lowest BCUT2D eigenvalue weighted by Gasteiger charge is -1.98. The fourth-order valence-corrected chi connectivity index (χ4v) is 0.888. The highest BCUT2D eigenvalue weighted by Crippen LogP contribution is 1.96. The van der Waals surface area contributed by atoms with Gasteiger partial charge in [-0.05, 0) is 6.92 Å². The SMILES string of the molecule is CCOC(=O)CCc1ncc[nH]1. The molecule has 1 N–H and O–H groups in total. The Labute approximate surface area is 71.0 Å². The number of carbonyl (C=O) groups is 1. The molecule has 0 amide bonds. The Hall–Kier alpha value is -1.32. The smallest absolute Gasteiger partial charge is 0.306 e. The van der Waals surface area contributed by atoms with E-state index in [-0.39, 0.29) is 5.97 Å². The van der Waals surface area contributed by atoms with Gasteiger partial charge in [-0.25, -0.2) is 4.98 Å². The van der Waals surface area contributed by atoms with Crippen LogP contribution < -0.4 is 0 Å². The normalized spacial score (nSPS) is 9.75. The van der Waals surface area contributed by atoms with Crippen molar-refractivity contribution in [3.63, 3.8) is 0 Å². The van der Waals surface area contributed by atoms with Gasteiger partial charge in [0.1, 0.15) is 5.82 Å². The van der Waals surface area contributed by atoms with Gasteiger partial charge >= 0.3 is 5.97 Å². The second-order valence-corrected chi connectivity index (χ2v) is 2.34. The third-order valence-electron chi connectivity index (χ3n) is 1.43. The highest BCUT2D eigenvalue weighted by molar-refractivity contribution is 5.69. The number of hydrogen-bond donors (Lipinski definition) is 1. The van der Waals surface area contributed by atoms with Gasteiger partial charge in [-0.15, -0.1) is 0 Å². The van der Waals surface area contributed by atoms with Crippen LogP contribution in [0.15, 0.2) is 12.4 Å². The lowest BCUT2D eigenvalue weighted by atomic mass is 10.3. The van der Waals surface area contributed by atoms with Crippen LogP contribution >= 0.6 is 0 Å². The van der Waals surface area contributed by atoms with Gasteiger partial charge < -0.3 is 9.72 Å². The lowest BCUT2D eigenvalue weighted by molar-refractivity contribution is -0.143. The highest BCUT2D eigenvalue weighted by atomic mass is 16.5. The van der Waals surface area contributed by atoms with Crippen LogP contribution in [0.4, 0.5) is 0 Å². The van der Waals surface area contributed by atoms with E-state index in [0.717, 1.165) is 5.82 Å². The van der Waals surface area contributed by atoms with Gasteiger partial charge in [0, 0.05) is 18.8 Å². The zero-order valence-electron chi connectivity index (χ0n) is 7.04. The molecule has 1 aromatic heterocycles. The van der Waals surface area contributed by atoms with Crippen molar-refractivity contribution in [1.29, 1.82) is 0 Å². The van der Waals surface area contributed by atoms with Crippen molar-refractivity contribution in [2.24, 2.45) is 0 Å². The molecule has 0 aromatic carbocycles. The molecular weight excluding hydrogens is 156 g/mol. The van der Waals surface area contributed by atoms with Gasteiger partial charge in [-0.3, -0.25) is 4.79 Å². The van der Waals surface area contributed by atoms with Crippen molar-refractivity contribution >= 4 is 5.97 Å². The first-order valence-electron chi connectivity index (χ1n) is 3.96. The first kappa shape index (κ1) is 8.77. The van der Waals surface area contributed by atoms with E-state index in [1.165, 1.54) is 0 Å². The van der Waals surface area contributed by atoms with Crippen molar-refractivity contribution in [2.45, 2.75) is 19.8 Å². The quantitative estimate of drug-likeness (QED) is 0.680. The Bertz CT molecular complexity index is 231. The minimum absolute atomic E-state index is 0.172. The molecular formula is C8H12N2O2. The number of imidazole rings is 1.